The molecule has 0 unspecified atom stereocenters. The summed E-state index contributed by atoms with van der Waals surface area (Å²) < 4.78 is 42.2. The maximum atomic E-state index is 12.6. The molecule has 3 aliphatic rings. The monoisotopic (exact) mass is 520 g/mol. The van der Waals surface area contributed by atoms with Crippen LogP contribution in [0.5, 0.6) is 5.75 Å². The normalized spacial score (nSPS) is 21.5. The van der Waals surface area contributed by atoms with Crippen molar-refractivity contribution in [2.75, 3.05) is 24.6 Å². The number of aryl methyl sites for hydroxylation is 2. The van der Waals surface area contributed by atoms with Crippen LogP contribution >= 0.6 is 0 Å². The number of benzene rings is 1. The van der Waals surface area contributed by atoms with Gasteiger partial charge in [-0.2, -0.15) is 0 Å². The third-order valence-corrected chi connectivity index (χ3v) is 9.59. The Morgan fingerprint density at radius 1 is 1.11 bits per heavy atom. The SMILES string of the molecule is Cc1noc(C)c1-c1ccc2nc(N3CC[C@@H](NS(=O)(=O)C4CC4)C3)n3c2c1OC[C@@H]3c1ccccn1. The van der Waals surface area contributed by atoms with Crippen LogP contribution in [0.3, 0.4) is 0 Å². The van der Waals surface area contributed by atoms with Gasteiger partial charge in [-0.1, -0.05) is 11.2 Å². The lowest BCUT2D eigenvalue weighted by molar-refractivity contribution is 0.258. The largest absolute Gasteiger partial charge is 0.488 e. The number of imidazole rings is 1. The first kappa shape index (κ1) is 22.7. The van der Waals surface area contributed by atoms with Crippen molar-refractivity contribution in [3.8, 4) is 16.9 Å². The molecule has 37 heavy (non-hydrogen) atoms. The van der Waals surface area contributed by atoms with Gasteiger partial charge < -0.3 is 14.2 Å². The first-order valence-electron chi connectivity index (χ1n) is 12.7. The van der Waals surface area contributed by atoms with Gasteiger partial charge in [0.2, 0.25) is 16.0 Å². The molecule has 2 atom stereocenters. The highest BCUT2D eigenvalue weighted by Crippen LogP contribution is 2.46. The molecule has 1 saturated heterocycles. The Labute approximate surface area is 214 Å². The average Bonchev–Trinajstić information content (AvgIpc) is 3.45. The Kier molecular flexibility index (Phi) is 5.09. The number of nitrogens with zero attached hydrogens (tertiary/aromatic N) is 5. The van der Waals surface area contributed by atoms with E-state index in [9.17, 15) is 8.42 Å². The van der Waals surface area contributed by atoms with Gasteiger partial charge in [-0.15, -0.1) is 0 Å². The van der Waals surface area contributed by atoms with Gasteiger partial charge in [0, 0.05) is 30.9 Å². The summed E-state index contributed by atoms with van der Waals surface area (Å²) in [5.74, 6) is 2.29. The molecular weight excluding hydrogens is 492 g/mol. The maximum absolute atomic E-state index is 12.6. The highest BCUT2D eigenvalue weighted by molar-refractivity contribution is 7.90. The van der Waals surface area contributed by atoms with E-state index in [0.29, 0.717) is 19.7 Å². The van der Waals surface area contributed by atoms with Crippen LogP contribution in [0.25, 0.3) is 22.2 Å². The Bertz CT molecular complexity index is 1590. The van der Waals surface area contributed by atoms with E-state index in [1.807, 2.05) is 44.2 Å². The minimum Gasteiger partial charge on any atom is -0.488 e. The Morgan fingerprint density at radius 3 is 2.70 bits per heavy atom. The first-order valence-corrected chi connectivity index (χ1v) is 14.2. The predicted octanol–water partition coefficient (Wildman–Crippen LogP) is 3.35. The van der Waals surface area contributed by atoms with E-state index < -0.39 is 10.0 Å². The molecule has 3 aromatic heterocycles. The third kappa shape index (κ3) is 3.71. The summed E-state index contributed by atoms with van der Waals surface area (Å²) in [7, 11) is -3.25. The molecule has 10 nitrogen and oxygen atoms in total. The smallest absolute Gasteiger partial charge is 0.214 e. The second kappa shape index (κ2) is 8.29. The van der Waals surface area contributed by atoms with Crippen LogP contribution in [0, 0.1) is 13.8 Å². The van der Waals surface area contributed by atoms with Crippen molar-refractivity contribution in [1.29, 1.82) is 0 Å². The fourth-order valence-corrected chi connectivity index (χ4v) is 7.25. The summed E-state index contributed by atoms with van der Waals surface area (Å²) in [5, 5.41) is 3.92. The molecule has 2 aliphatic heterocycles. The molecule has 7 rings (SSSR count). The van der Waals surface area contributed by atoms with Crippen molar-refractivity contribution in [1.82, 2.24) is 24.4 Å². The van der Waals surface area contributed by atoms with E-state index in [1.54, 1.807) is 6.20 Å². The van der Waals surface area contributed by atoms with Crippen molar-refractivity contribution < 1.29 is 17.7 Å². The minimum absolute atomic E-state index is 0.135. The molecule has 0 bridgehead atoms. The third-order valence-electron chi connectivity index (χ3n) is 7.58. The molecule has 1 aliphatic carbocycles. The van der Waals surface area contributed by atoms with Crippen LogP contribution < -0.4 is 14.4 Å². The number of pyridine rings is 1. The second-order valence-corrected chi connectivity index (χ2v) is 12.2. The van der Waals surface area contributed by atoms with Gasteiger partial charge in [-0.25, -0.2) is 18.1 Å². The predicted molar refractivity (Wildman–Crippen MR) is 138 cm³/mol. The van der Waals surface area contributed by atoms with Crippen molar-refractivity contribution in [2.45, 2.75) is 50.4 Å². The van der Waals surface area contributed by atoms with E-state index >= 15 is 0 Å². The summed E-state index contributed by atoms with van der Waals surface area (Å²) in [4.78, 5) is 11.9. The van der Waals surface area contributed by atoms with E-state index in [2.05, 4.69) is 24.3 Å². The van der Waals surface area contributed by atoms with Crippen LogP contribution in [0.15, 0.2) is 41.1 Å². The zero-order chi connectivity index (χ0) is 25.3. The summed E-state index contributed by atoms with van der Waals surface area (Å²) in [5.41, 5.74) is 5.27. The van der Waals surface area contributed by atoms with Gasteiger partial charge in [-0.3, -0.25) is 9.55 Å². The van der Waals surface area contributed by atoms with Crippen molar-refractivity contribution in [3.63, 3.8) is 0 Å². The molecule has 0 spiro atoms. The lowest BCUT2D eigenvalue weighted by Gasteiger charge is -2.30. The number of hydrogen-bond donors (Lipinski definition) is 1. The Hall–Kier alpha value is -3.44. The molecule has 1 N–H and O–H groups in total. The molecule has 1 aromatic carbocycles. The standard InChI is InChI=1S/C26H28N6O4S/c1-15-23(16(2)36-29-15)19-8-9-21-24-25(19)35-14-22(20-5-3-4-11-27-20)32(24)26(28-21)31-12-10-17(13-31)30-37(33,34)18-6-7-18/h3-5,8-9,11,17-18,22,30H,6-7,10,12-14H2,1-2H3/t17-,22-/m1/s1. The number of ether oxygens (including phenoxy) is 1. The molecule has 5 heterocycles. The quantitative estimate of drug-likeness (QED) is 0.412. The highest BCUT2D eigenvalue weighted by Gasteiger charge is 2.40. The minimum atomic E-state index is -3.25. The summed E-state index contributed by atoms with van der Waals surface area (Å²) in [6.07, 6.45) is 4.03. The number of anilines is 1. The van der Waals surface area contributed by atoms with Crippen molar-refractivity contribution >= 4 is 27.0 Å². The Morgan fingerprint density at radius 2 is 1.97 bits per heavy atom. The summed E-state index contributed by atoms with van der Waals surface area (Å²) >= 11 is 0. The van der Waals surface area contributed by atoms with Crippen LogP contribution in [-0.4, -0.2) is 59.1 Å². The van der Waals surface area contributed by atoms with Gasteiger partial charge in [0.15, 0.2) is 5.75 Å². The second-order valence-electron chi connectivity index (χ2n) is 10.2. The molecule has 2 fully saturated rings. The average molecular weight is 521 g/mol. The van der Waals surface area contributed by atoms with E-state index in [1.165, 1.54) is 0 Å². The first-order chi connectivity index (χ1) is 17.9. The number of hydrogen-bond acceptors (Lipinski definition) is 8. The van der Waals surface area contributed by atoms with Gasteiger partial charge in [0.05, 0.1) is 27.7 Å². The van der Waals surface area contributed by atoms with E-state index in [-0.39, 0.29) is 17.3 Å². The van der Waals surface area contributed by atoms with E-state index in [4.69, 9.17) is 14.2 Å². The number of nitrogens with one attached hydrogen (secondary N) is 1. The number of rotatable bonds is 6. The zero-order valence-corrected chi connectivity index (χ0v) is 21.5. The Balaban J connectivity index is 1.35. The van der Waals surface area contributed by atoms with Gasteiger partial charge in [0.1, 0.15) is 23.9 Å². The molecular formula is C26H28N6O4S. The van der Waals surface area contributed by atoms with Crippen LogP contribution in [0.1, 0.15) is 42.5 Å². The molecule has 1 saturated carbocycles. The van der Waals surface area contributed by atoms with Gasteiger partial charge >= 0.3 is 0 Å². The zero-order valence-electron chi connectivity index (χ0n) is 20.7. The highest BCUT2D eigenvalue weighted by atomic mass is 32.2. The number of sulfonamides is 1. The molecule has 11 heteroatoms. The van der Waals surface area contributed by atoms with Gasteiger partial charge in [-0.05, 0) is 57.4 Å². The molecule has 0 radical (unpaired) electrons. The van der Waals surface area contributed by atoms with Crippen molar-refractivity contribution in [2.24, 2.45) is 0 Å². The van der Waals surface area contributed by atoms with E-state index in [0.717, 1.165) is 70.3 Å². The fraction of sp³-hybridized carbons (Fsp3) is 0.423. The lowest BCUT2D eigenvalue weighted by atomic mass is 10.0. The van der Waals surface area contributed by atoms with Crippen LogP contribution in [-0.2, 0) is 10.0 Å². The van der Waals surface area contributed by atoms with Crippen molar-refractivity contribution in [3.05, 3.63) is 53.7 Å². The van der Waals surface area contributed by atoms with Crippen LogP contribution in [0.2, 0.25) is 0 Å². The number of aromatic nitrogens is 4. The topological polar surface area (TPSA) is 115 Å². The molecule has 0 amide bonds. The molecule has 4 aromatic rings. The fourth-order valence-electron chi connectivity index (χ4n) is 5.65. The maximum Gasteiger partial charge on any atom is 0.214 e. The van der Waals surface area contributed by atoms with Gasteiger partial charge in [0.25, 0.3) is 0 Å². The molecule has 192 valence electrons. The lowest BCUT2D eigenvalue weighted by Crippen LogP contribution is -2.39. The summed E-state index contributed by atoms with van der Waals surface area (Å²) in [6, 6.07) is 9.60. The summed E-state index contributed by atoms with van der Waals surface area (Å²) in [6.45, 7) is 5.51. The van der Waals surface area contributed by atoms with Crippen LogP contribution in [0.4, 0.5) is 5.95 Å².